The van der Waals surface area contributed by atoms with E-state index in [9.17, 15) is 4.79 Å². The standard InChI is InChI=1S/C23H24N2O3/c1-15(2)21-14-24-23(28-21)16-7-9-18(10-8-16)25-22(26)13-17-11-12-27-20-6-4-3-5-19(17)20/h3-10,14-15,17H,11-13H2,1-2H3,(H,25,26). The molecule has 144 valence electrons. The van der Waals surface area contributed by atoms with Crippen molar-refractivity contribution >= 4 is 11.6 Å². The Morgan fingerprint density at radius 2 is 1.96 bits per heavy atom. The summed E-state index contributed by atoms with van der Waals surface area (Å²) in [4.78, 5) is 16.9. The van der Waals surface area contributed by atoms with Crippen LogP contribution in [-0.2, 0) is 4.79 Å². The van der Waals surface area contributed by atoms with Gasteiger partial charge in [0.15, 0.2) is 0 Å². The molecule has 1 aromatic heterocycles. The van der Waals surface area contributed by atoms with Gasteiger partial charge in [0.25, 0.3) is 0 Å². The lowest BCUT2D eigenvalue weighted by Crippen LogP contribution is -2.20. The van der Waals surface area contributed by atoms with Crippen LogP contribution >= 0.6 is 0 Å². The third kappa shape index (κ3) is 3.93. The normalized spacial score (nSPS) is 15.8. The highest BCUT2D eigenvalue weighted by molar-refractivity contribution is 5.91. The summed E-state index contributed by atoms with van der Waals surface area (Å²) < 4.78 is 11.5. The molecule has 1 unspecified atom stereocenters. The fourth-order valence-corrected chi connectivity index (χ4v) is 3.45. The van der Waals surface area contributed by atoms with E-state index in [1.807, 2.05) is 48.5 Å². The van der Waals surface area contributed by atoms with Gasteiger partial charge in [0.2, 0.25) is 11.8 Å². The lowest BCUT2D eigenvalue weighted by atomic mass is 9.90. The van der Waals surface area contributed by atoms with Crippen LogP contribution in [-0.4, -0.2) is 17.5 Å². The number of benzene rings is 2. The molecular formula is C23H24N2O3. The third-order valence-electron chi connectivity index (χ3n) is 5.02. The molecule has 3 aromatic rings. The van der Waals surface area contributed by atoms with E-state index in [1.54, 1.807) is 6.20 Å². The van der Waals surface area contributed by atoms with Crippen molar-refractivity contribution < 1.29 is 13.9 Å². The summed E-state index contributed by atoms with van der Waals surface area (Å²) >= 11 is 0. The summed E-state index contributed by atoms with van der Waals surface area (Å²) in [7, 11) is 0. The van der Waals surface area contributed by atoms with E-state index >= 15 is 0 Å². The number of hydrogen-bond acceptors (Lipinski definition) is 4. The molecule has 5 nitrogen and oxygen atoms in total. The van der Waals surface area contributed by atoms with Gasteiger partial charge in [-0.05, 0) is 48.2 Å². The number of hydrogen-bond donors (Lipinski definition) is 1. The van der Waals surface area contributed by atoms with Crippen LogP contribution in [0.3, 0.4) is 0 Å². The van der Waals surface area contributed by atoms with Gasteiger partial charge in [-0.3, -0.25) is 4.79 Å². The summed E-state index contributed by atoms with van der Waals surface area (Å²) in [6, 6.07) is 15.5. The molecule has 0 saturated carbocycles. The highest BCUT2D eigenvalue weighted by Crippen LogP contribution is 2.35. The van der Waals surface area contributed by atoms with Crippen molar-refractivity contribution in [2.24, 2.45) is 0 Å². The number of fused-ring (bicyclic) bond motifs is 1. The van der Waals surface area contributed by atoms with Gasteiger partial charge in [-0.2, -0.15) is 0 Å². The Balaban J connectivity index is 1.40. The maximum absolute atomic E-state index is 12.5. The largest absolute Gasteiger partial charge is 0.493 e. The molecule has 0 fully saturated rings. The molecule has 1 aliphatic rings. The molecule has 0 aliphatic carbocycles. The van der Waals surface area contributed by atoms with Gasteiger partial charge in [-0.25, -0.2) is 4.98 Å². The molecule has 0 saturated heterocycles. The minimum absolute atomic E-state index is 0.00710. The fraction of sp³-hybridized carbons (Fsp3) is 0.304. The van der Waals surface area contributed by atoms with Crippen molar-refractivity contribution in [2.45, 2.75) is 38.5 Å². The van der Waals surface area contributed by atoms with E-state index in [0.717, 1.165) is 34.7 Å². The van der Waals surface area contributed by atoms with Gasteiger partial charge >= 0.3 is 0 Å². The van der Waals surface area contributed by atoms with Crippen molar-refractivity contribution in [3.8, 4) is 17.2 Å². The number of amides is 1. The minimum atomic E-state index is 0.00710. The first-order chi connectivity index (χ1) is 13.6. The molecule has 0 spiro atoms. The number of rotatable bonds is 5. The van der Waals surface area contributed by atoms with Crippen molar-refractivity contribution in [2.75, 3.05) is 11.9 Å². The molecule has 1 amide bonds. The lowest BCUT2D eigenvalue weighted by Gasteiger charge is -2.25. The van der Waals surface area contributed by atoms with E-state index in [2.05, 4.69) is 24.1 Å². The highest BCUT2D eigenvalue weighted by Gasteiger charge is 2.23. The van der Waals surface area contributed by atoms with Gasteiger partial charge < -0.3 is 14.5 Å². The first-order valence-corrected chi connectivity index (χ1v) is 9.68. The zero-order valence-electron chi connectivity index (χ0n) is 16.1. The minimum Gasteiger partial charge on any atom is -0.493 e. The maximum Gasteiger partial charge on any atom is 0.226 e. The average molecular weight is 376 g/mol. The van der Waals surface area contributed by atoms with Crippen LogP contribution in [0.5, 0.6) is 5.75 Å². The van der Waals surface area contributed by atoms with E-state index in [4.69, 9.17) is 9.15 Å². The Morgan fingerprint density at radius 3 is 2.71 bits per heavy atom. The molecule has 0 radical (unpaired) electrons. The number of para-hydroxylation sites is 1. The monoisotopic (exact) mass is 376 g/mol. The van der Waals surface area contributed by atoms with Gasteiger partial charge in [0, 0.05) is 23.6 Å². The Hall–Kier alpha value is -3.08. The van der Waals surface area contributed by atoms with Crippen LogP contribution < -0.4 is 10.1 Å². The topological polar surface area (TPSA) is 64.4 Å². The SMILES string of the molecule is CC(C)c1cnc(-c2ccc(NC(=O)CC3CCOc4ccccc43)cc2)o1. The highest BCUT2D eigenvalue weighted by atomic mass is 16.5. The van der Waals surface area contributed by atoms with E-state index in [-0.39, 0.29) is 11.8 Å². The first-order valence-electron chi connectivity index (χ1n) is 9.68. The number of nitrogens with zero attached hydrogens (tertiary/aromatic N) is 1. The van der Waals surface area contributed by atoms with Crippen molar-refractivity contribution in [1.29, 1.82) is 0 Å². The molecule has 5 heteroatoms. The van der Waals surface area contributed by atoms with Gasteiger partial charge in [0.05, 0.1) is 12.8 Å². The summed E-state index contributed by atoms with van der Waals surface area (Å²) in [6.07, 6.45) is 3.06. The molecule has 1 N–H and O–H groups in total. The van der Waals surface area contributed by atoms with Crippen molar-refractivity contribution in [1.82, 2.24) is 4.98 Å². The zero-order valence-corrected chi connectivity index (χ0v) is 16.1. The van der Waals surface area contributed by atoms with E-state index < -0.39 is 0 Å². The fourth-order valence-electron chi connectivity index (χ4n) is 3.45. The molecule has 1 atom stereocenters. The Kier molecular flexibility index (Phi) is 5.15. The number of aromatic nitrogens is 1. The number of carbonyl (C=O) groups is 1. The Labute approximate surface area is 164 Å². The lowest BCUT2D eigenvalue weighted by molar-refractivity contribution is -0.116. The van der Waals surface area contributed by atoms with Gasteiger partial charge in [-0.15, -0.1) is 0 Å². The summed E-state index contributed by atoms with van der Waals surface area (Å²) in [5, 5.41) is 2.99. The van der Waals surface area contributed by atoms with Crippen LogP contribution in [0.2, 0.25) is 0 Å². The van der Waals surface area contributed by atoms with Gasteiger partial charge in [-0.1, -0.05) is 32.0 Å². The van der Waals surface area contributed by atoms with Gasteiger partial charge in [0.1, 0.15) is 11.5 Å². The molecule has 4 rings (SSSR count). The van der Waals surface area contributed by atoms with E-state index in [1.165, 1.54) is 0 Å². The number of carbonyl (C=O) groups excluding carboxylic acids is 1. The number of nitrogens with one attached hydrogen (secondary N) is 1. The predicted molar refractivity (Wildman–Crippen MR) is 109 cm³/mol. The Morgan fingerprint density at radius 1 is 1.18 bits per heavy atom. The first kappa shape index (κ1) is 18.3. The molecule has 1 aliphatic heterocycles. The van der Waals surface area contributed by atoms with Crippen LogP contribution in [0.25, 0.3) is 11.5 Å². The van der Waals surface area contributed by atoms with Crippen molar-refractivity contribution in [3.05, 3.63) is 66.1 Å². The second kappa shape index (κ2) is 7.89. The molecule has 0 bridgehead atoms. The van der Waals surface area contributed by atoms with Crippen molar-refractivity contribution in [3.63, 3.8) is 0 Å². The van der Waals surface area contributed by atoms with Crippen LogP contribution in [0.1, 0.15) is 49.8 Å². The smallest absolute Gasteiger partial charge is 0.226 e. The molecular weight excluding hydrogens is 352 g/mol. The predicted octanol–water partition coefficient (Wildman–Crippen LogP) is 5.36. The quantitative estimate of drug-likeness (QED) is 0.651. The summed E-state index contributed by atoms with van der Waals surface area (Å²) in [5.74, 6) is 2.85. The van der Waals surface area contributed by atoms with Crippen LogP contribution in [0.15, 0.2) is 59.1 Å². The van der Waals surface area contributed by atoms with E-state index in [0.29, 0.717) is 24.8 Å². The van der Waals surface area contributed by atoms with Crippen LogP contribution in [0.4, 0.5) is 5.69 Å². The van der Waals surface area contributed by atoms with Crippen LogP contribution in [0, 0.1) is 0 Å². The zero-order chi connectivity index (χ0) is 19.5. The second-order valence-electron chi connectivity index (χ2n) is 7.42. The molecule has 2 heterocycles. The maximum atomic E-state index is 12.5. The molecule has 28 heavy (non-hydrogen) atoms. The average Bonchev–Trinajstić information content (AvgIpc) is 3.19. The number of ether oxygens (including phenoxy) is 1. The third-order valence-corrected chi connectivity index (χ3v) is 5.02. The summed E-state index contributed by atoms with van der Waals surface area (Å²) in [5.41, 5.74) is 2.78. The Bertz CT molecular complexity index is 960. The summed E-state index contributed by atoms with van der Waals surface area (Å²) in [6.45, 7) is 4.79. The molecule has 2 aromatic carbocycles. The number of oxazole rings is 1. The second-order valence-corrected chi connectivity index (χ2v) is 7.42. The number of anilines is 1.